The van der Waals surface area contributed by atoms with Gasteiger partial charge in [-0.2, -0.15) is 10.3 Å². The molecule has 1 aromatic rings. The van der Waals surface area contributed by atoms with E-state index < -0.39 is 0 Å². The summed E-state index contributed by atoms with van der Waals surface area (Å²) in [6, 6.07) is 0. The Morgan fingerprint density at radius 3 is 3.08 bits per heavy atom. The maximum absolute atomic E-state index is 3.95. The molecule has 1 aliphatic carbocycles. The van der Waals surface area contributed by atoms with Crippen molar-refractivity contribution in [3.8, 4) is 0 Å². The number of rotatable bonds is 3. The zero-order chi connectivity index (χ0) is 8.23. The molecule has 0 radical (unpaired) electrons. The fraction of sp³-hybridized carbons (Fsp3) is 0.500. The van der Waals surface area contributed by atoms with Gasteiger partial charge >= 0.3 is 0 Å². The maximum atomic E-state index is 3.95. The molecule has 1 aromatic heterocycles. The lowest BCUT2D eigenvalue weighted by molar-refractivity contribution is 0.661. The van der Waals surface area contributed by atoms with Gasteiger partial charge in [0.1, 0.15) is 5.03 Å². The Labute approximate surface area is 75.6 Å². The number of nitrogens with zero attached hydrogens (tertiary/aromatic N) is 2. The smallest absolute Gasteiger partial charge is 0.138 e. The van der Waals surface area contributed by atoms with Crippen LogP contribution >= 0.6 is 11.8 Å². The Kier molecular flexibility index (Phi) is 2.46. The summed E-state index contributed by atoms with van der Waals surface area (Å²) in [6.07, 6.45) is 8.05. The Morgan fingerprint density at radius 1 is 1.58 bits per heavy atom. The average molecular weight is 181 g/mol. The molecule has 4 heteroatoms. The van der Waals surface area contributed by atoms with Crippen LogP contribution < -0.4 is 0 Å². The van der Waals surface area contributed by atoms with Crippen LogP contribution in [0.5, 0.6) is 0 Å². The summed E-state index contributed by atoms with van der Waals surface area (Å²) in [5.74, 6) is 1.03. The molecule has 0 saturated heterocycles. The molecule has 64 valence electrons. The zero-order valence-corrected chi connectivity index (χ0v) is 7.60. The Hall–Kier alpha value is -0.770. The van der Waals surface area contributed by atoms with Crippen molar-refractivity contribution in [2.75, 3.05) is 5.75 Å². The number of nitrogens with one attached hydrogen (secondary N) is 1. The van der Waals surface area contributed by atoms with E-state index in [1.54, 1.807) is 23.5 Å². The maximum Gasteiger partial charge on any atom is 0.138 e. The van der Waals surface area contributed by atoms with Crippen molar-refractivity contribution in [2.24, 2.45) is 0 Å². The molecule has 1 heterocycles. The van der Waals surface area contributed by atoms with Gasteiger partial charge < -0.3 is 0 Å². The highest BCUT2D eigenvalue weighted by atomic mass is 32.2. The third kappa shape index (κ3) is 1.88. The first-order valence-corrected chi connectivity index (χ1v) is 5.10. The first-order chi connectivity index (χ1) is 5.95. The van der Waals surface area contributed by atoms with Gasteiger partial charge in [-0.15, -0.1) is 5.10 Å². The molecule has 0 aliphatic heterocycles. The Bertz CT molecular complexity index is 260. The molecule has 0 aromatic carbocycles. The molecule has 0 unspecified atom stereocenters. The van der Waals surface area contributed by atoms with Crippen molar-refractivity contribution >= 4 is 11.8 Å². The van der Waals surface area contributed by atoms with Crippen LogP contribution in [0, 0.1) is 0 Å². The molecule has 2 rings (SSSR count). The van der Waals surface area contributed by atoms with E-state index in [2.05, 4.69) is 21.5 Å². The van der Waals surface area contributed by atoms with Crippen LogP contribution in [0.4, 0.5) is 0 Å². The van der Waals surface area contributed by atoms with Gasteiger partial charge in [-0.1, -0.05) is 23.4 Å². The average Bonchev–Trinajstić information content (AvgIpc) is 2.46. The summed E-state index contributed by atoms with van der Waals surface area (Å²) < 4.78 is 0. The predicted molar refractivity (Wildman–Crippen MR) is 49.0 cm³/mol. The van der Waals surface area contributed by atoms with Crippen molar-refractivity contribution in [2.45, 2.75) is 24.3 Å². The summed E-state index contributed by atoms with van der Waals surface area (Å²) in [5, 5.41) is 11.3. The fourth-order valence-corrected chi connectivity index (χ4v) is 1.81. The van der Waals surface area contributed by atoms with Gasteiger partial charge in [0.05, 0.1) is 6.20 Å². The highest BCUT2D eigenvalue weighted by Gasteiger charge is 2.06. The minimum absolute atomic E-state index is 0.978. The van der Waals surface area contributed by atoms with E-state index in [1.807, 2.05) is 0 Å². The topological polar surface area (TPSA) is 41.6 Å². The summed E-state index contributed by atoms with van der Waals surface area (Å²) in [6.45, 7) is 0. The second-order valence-corrected chi connectivity index (χ2v) is 3.88. The van der Waals surface area contributed by atoms with E-state index >= 15 is 0 Å². The third-order valence-electron chi connectivity index (χ3n) is 1.99. The summed E-state index contributed by atoms with van der Waals surface area (Å²) in [4.78, 5) is 0. The summed E-state index contributed by atoms with van der Waals surface area (Å²) in [5.41, 5.74) is 1.60. The van der Waals surface area contributed by atoms with Crippen LogP contribution in [0.2, 0.25) is 0 Å². The van der Waals surface area contributed by atoms with E-state index in [1.165, 1.54) is 19.3 Å². The van der Waals surface area contributed by atoms with E-state index in [9.17, 15) is 0 Å². The van der Waals surface area contributed by atoms with E-state index in [0.717, 1.165) is 10.8 Å². The molecular weight excluding hydrogens is 170 g/mol. The third-order valence-corrected chi connectivity index (χ3v) is 2.82. The van der Waals surface area contributed by atoms with Crippen molar-refractivity contribution < 1.29 is 0 Å². The van der Waals surface area contributed by atoms with Crippen molar-refractivity contribution in [3.05, 3.63) is 17.8 Å². The van der Waals surface area contributed by atoms with Gasteiger partial charge in [0, 0.05) is 5.75 Å². The summed E-state index contributed by atoms with van der Waals surface area (Å²) >= 11 is 1.72. The van der Waals surface area contributed by atoms with E-state index in [0.29, 0.717) is 0 Å². The lowest BCUT2D eigenvalue weighted by atomic mass is 9.93. The van der Waals surface area contributed by atoms with Crippen molar-refractivity contribution in [1.29, 1.82) is 0 Å². The number of aromatic nitrogens is 3. The molecule has 1 aliphatic rings. The first-order valence-electron chi connectivity index (χ1n) is 4.11. The molecule has 1 N–H and O–H groups in total. The standard InChI is InChI=1S/C8H11N3S/c1-2-7(3-1)4-5-12-8-6-9-11-10-8/h4,6H,1-3,5H2,(H,9,10,11). The first kappa shape index (κ1) is 7.86. The predicted octanol–water partition coefficient (Wildman–Crippen LogP) is 2.01. The van der Waals surface area contributed by atoms with Crippen LogP contribution in [0.1, 0.15) is 19.3 Å². The Balaban J connectivity index is 1.75. The SMILES string of the molecule is C(CSc1cn[nH]n1)=C1CCC1. The molecule has 0 bridgehead atoms. The molecule has 12 heavy (non-hydrogen) atoms. The molecular formula is C8H11N3S. The van der Waals surface area contributed by atoms with Gasteiger partial charge in [-0.05, 0) is 19.3 Å². The molecule has 0 amide bonds. The molecule has 1 saturated carbocycles. The van der Waals surface area contributed by atoms with Gasteiger partial charge in [0.25, 0.3) is 0 Å². The van der Waals surface area contributed by atoms with Crippen LogP contribution in [0.25, 0.3) is 0 Å². The number of allylic oxidation sites excluding steroid dienone is 1. The second-order valence-electron chi connectivity index (χ2n) is 2.84. The van der Waals surface area contributed by atoms with Gasteiger partial charge in [0.2, 0.25) is 0 Å². The van der Waals surface area contributed by atoms with E-state index in [-0.39, 0.29) is 0 Å². The highest BCUT2D eigenvalue weighted by Crippen LogP contribution is 2.26. The Morgan fingerprint density at radius 2 is 2.50 bits per heavy atom. The largest absolute Gasteiger partial charge is 0.197 e. The number of aromatic amines is 1. The van der Waals surface area contributed by atoms with Gasteiger partial charge in [0.15, 0.2) is 0 Å². The molecule has 0 atom stereocenters. The van der Waals surface area contributed by atoms with Gasteiger partial charge in [-0.3, -0.25) is 0 Å². The number of H-pyrrole nitrogens is 1. The zero-order valence-electron chi connectivity index (χ0n) is 6.79. The monoisotopic (exact) mass is 181 g/mol. The second kappa shape index (κ2) is 3.76. The van der Waals surface area contributed by atoms with Gasteiger partial charge in [-0.25, -0.2) is 0 Å². The lowest BCUT2D eigenvalue weighted by Gasteiger charge is -2.15. The van der Waals surface area contributed by atoms with Crippen LogP contribution in [0.3, 0.4) is 0 Å². The van der Waals surface area contributed by atoms with Crippen LogP contribution in [-0.2, 0) is 0 Å². The van der Waals surface area contributed by atoms with Crippen LogP contribution in [0.15, 0.2) is 22.9 Å². The minimum Gasteiger partial charge on any atom is -0.197 e. The molecule has 1 fully saturated rings. The summed E-state index contributed by atoms with van der Waals surface area (Å²) in [7, 11) is 0. The number of hydrogen-bond acceptors (Lipinski definition) is 3. The number of hydrogen-bond donors (Lipinski definition) is 1. The molecule has 0 spiro atoms. The highest BCUT2D eigenvalue weighted by molar-refractivity contribution is 7.99. The lowest BCUT2D eigenvalue weighted by Crippen LogP contribution is -1.96. The molecule has 3 nitrogen and oxygen atoms in total. The van der Waals surface area contributed by atoms with Crippen LogP contribution in [-0.4, -0.2) is 21.2 Å². The van der Waals surface area contributed by atoms with Crippen molar-refractivity contribution in [1.82, 2.24) is 15.4 Å². The van der Waals surface area contributed by atoms with Crippen molar-refractivity contribution in [3.63, 3.8) is 0 Å². The fourth-order valence-electron chi connectivity index (χ4n) is 1.09. The number of thioether (sulfide) groups is 1. The normalized spacial score (nSPS) is 15.8. The minimum atomic E-state index is 0.978. The van der Waals surface area contributed by atoms with E-state index in [4.69, 9.17) is 0 Å². The quantitative estimate of drug-likeness (QED) is 0.573.